The number of aromatic nitrogens is 1. The molecule has 2 aromatic rings. The van der Waals surface area contributed by atoms with Crippen LogP contribution in [0.4, 0.5) is 5.82 Å². The zero-order valence-electron chi connectivity index (χ0n) is 11.2. The highest BCUT2D eigenvalue weighted by atomic mass is 32.2. The van der Waals surface area contributed by atoms with Crippen LogP contribution in [0.25, 0.3) is 0 Å². The highest BCUT2D eigenvalue weighted by Crippen LogP contribution is 2.20. The maximum absolute atomic E-state index is 12.3. The minimum absolute atomic E-state index is 0.119. The van der Waals surface area contributed by atoms with Gasteiger partial charge in [-0.25, -0.2) is 4.98 Å². The Kier molecular flexibility index (Phi) is 4.22. The Balaban J connectivity index is 2.25. The van der Waals surface area contributed by atoms with E-state index in [0.29, 0.717) is 11.4 Å². The third-order valence-electron chi connectivity index (χ3n) is 2.82. The molecule has 0 aliphatic heterocycles. The molecule has 4 heteroatoms. The van der Waals surface area contributed by atoms with Crippen molar-refractivity contribution in [2.24, 2.45) is 0 Å². The standard InChI is InChI=1S/C15H16N2OS/c1-10-7-8-12(19-3)9-13(10)15(18)17-14-6-4-5-11(2)16-14/h4-9H,1-3H3,(H,16,17,18). The number of nitrogens with one attached hydrogen (secondary N) is 1. The molecule has 0 atom stereocenters. The van der Waals surface area contributed by atoms with Crippen LogP contribution in [0, 0.1) is 13.8 Å². The molecule has 0 saturated heterocycles. The van der Waals surface area contributed by atoms with E-state index in [-0.39, 0.29) is 5.91 Å². The predicted molar refractivity (Wildman–Crippen MR) is 79.9 cm³/mol. The van der Waals surface area contributed by atoms with Gasteiger partial charge in [0.25, 0.3) is 5.91 Å². The zero-order chi connectivity index (χ0) is 13.8. The summed E-state index contributed by atoms with van der Waals surface area (Å²) in [5.74, 6) is 0.463. The first-order chi connectivity index (χ1) is 9.10. The Morgan fingerprint density at radius 2 is 2.00 bits per heavy atom. The van der Waals surface area contributed by atoms with Gasteiger partial charge in [-0.3, -0.25) is 4.79 Å². The molecule has 1 heterocycles. The van der Waals surface area contributed by atoms with Gasteiger partial charge in [0, 0.05) is 16.2 Å². The lowest BCUT2D eigenvalue weighted by Crippen LogP contribution is -2.14. The fourth-order valence-corrected chi connectivity index (χ4v) is 2.21. The molecular weight excluding hydrogens is 256 g/mol. The van der Waals surface area contributed by atoms with Crippen LogP contribution in [0.15, 0.2) is 41.3 Å². The van der Waals surface area contributed by atoms with E-state index < -0.39 is 0 Å². The molecule has 1 aromatic carbocycles. The summed E-state index contributed by atoms with van der Waals surface area (Å²) in [4.78, 5) is 17.6. The molecule has 0 aliphatic rings. The van der Waals surface area contributed by atoms with Gasteiger partial charge in [-0.15, -0.1) is 11.8 Å². The minimum atomic E-state index is -0.119. The average molecular weight is 272 g/mol. The van der Waals surface area contributed by atoms with Crippen molar-refractivity contribution in [1.29, 1.82) is 0 Å². The van der Waals surface area contributed by atoms with Crippen molar-refractivity contribution in [3.63, 3.8) is 0 Å². The number of nitrogens with zero attached hydrogens (tertiary/aromatic N) is 1. The number of amides is 1. The van der Waals surface area contributed by atoms with Gasteiger partial charge in [-0.05, 0) is 49.9 Å². The Hall–Kier alpha value is -1.81. The number of pyridine rings is 1. The smallest absolute Gasteiger partial charge is 0.257 e. The molecule has 0 spiro atoms. The van der Waals surface area contributed by atoms with Crippen LogP contribution in [0.5, 0.6) is 0 Å². The fraction of sp³-hybridized carbons (Fsp3) is 0.200. The van der Waals surface area contributed by atoms with Gasteiger partial charge in [0.15, 0.2) is 0 Å². The molecule has 0 saturated carbocycles. The SMILES string of the molecule is CSc1ccc(C)c(C(=O)Nc2cccc(C)n2)c1. The van der Waals surface area contributed by atoms with E-state index in [0.717, 1.165) is 16.2 Å². The molecule has 0 unspecified atom stereocenters. The van der Waals surface area contributed by atoms with E-state index in [1.54, 1.807) is 17.8 Å². The highest BCUT2D eigenvalue weighted by molar-refractivity contribution is 7.98. The van der Waals surface area contributed by atoms with Gasteiger partial charge >= 0.3 is 0 Å². The van der Waals surface area contributed by atoms with Crippen molar-refractivity contribution in [2.45, 2.75) is 18.7 Å². The van der Waals surface area contributed by atoms with Crippen molar-refractivity contribution in [1.82, 2.24) is 4.98 Å². The predicted octanol–water partition coefficient (Wildman–Crippen LogP) is 3.67. The average Bonchev–Trinajstić information content (AvgIpc) is 2.39. The largest absolute Gasteiger partial charge is 0.307 e. The lowest BCUT2D eigenvalue weighted by Gasteiger charge is -2.09. The van der Waals surface area contributed by atoms with Crippen LogP contribution in [0.3, 0.4) is 0 Å². The normalized spacial score (nSPS) is 10.3. The van der Waals surface area contributed by atoms with Crippen molar-refractivity contribution < 1.29 is 4.79 Å². The maximum Gasteiger partial charge on any atom is 0.257 e. The number of benzene rings is 1. The fourth-order valence-electron chi connectivity index (χ4n) is 1.77. The molecule has 98 valence electrons. The molecule has 3 nitrogen and oxygen atoms in total. The van der Waals surface area contributed by atoms with Crippen LogP contribution in [-0.2, 0) is 0 Å². The van der Waals surface area contributed by atoms with E-state index in [1.165, 1.54) is 0 Å². The number of rotatable bonds is 3. The first-order valence-electron chi connectivity index (χ1n) is 6.00. The van der Waals surface area contributed by atoms with Gasteiger partial charge in [0.05, 0.1) is 0 Å². The molecule has 1 amide bonds. The number of carbonyl (C=O) groups excluding carboxylic acids is 1. The van der Waals surface area contributed by atoms with E-state index in [4.69, 9.17) is 0 Å². The lowest BCUT2D eigenvalue weighted by molar-refractivity contribution is 0.102. The minimum Gasteiger partial charge on any atom is -0.307 e. The summed E-state index contributed by atoms with van der Waals surface area (Å²) in [6.45, 7) is 3.83. The number of aryl methyl sites for hydroxylation is 2. The molecule has 1 aromatic heterocycles. The van der Waals surface area contributed by atoms with Gasteiger partial charge in [0.1, 0.15) is 5.82 Å². The summed E-state index contributed by atoms with van der Waals surface area (Å²) < 4.78 is 0. The van der Waals surface area contributed by atoms with Crippen molar-refractivity contribution in [3.8, 4) is 0 Å². The number of carbonyl (C=O) groups is 1. The number of thioether (sulfide) groups is 1. The first kappa shape index (κ1) is 13.6. The van der Waals surface area contributed by atoms with Gasteiger partial charge < -0.3 is 5.32 Å². The molecule has 19 heavy (non-hydrogen) atoms. The third-order valence-corrected chi connectivity index (χ3v) is 3.54. The van der Waals surface area contributed by atoms with Gasteiger partial charge in [-0.2, -0.15) is 0 Å². The van der Waals surface area contributed by atoms with Gasteiger partial charge in [0.2, 0.25) is 0 Å². The molecular formula is C15H16N2OS. The second-order valence-electron chi connectivity index (χ2n) is 4.30. The van der Waals surface area contributed by atoms with Crippen molar-refractivity contribution in [2.75, 3.05) is 11.6 Å². The molecule has 0 aliphatic carbocycles. The monoisotopic (exact) mass is 272 g/mol. The van der Waals surface area contributed by atoms with Gasteiger partial charge in [-0.1, -0.05) is 12.1 Å². The number of hydrogen-bond donors (Lipinski definition) is 1. The summed E-state index contributed by atoms with van der Waals surface area (Å²) in [6, 6.07) is 11.5. The van der Waals surface area contributed by atoms with E-state index in [2.05, 4.69) is 10.3 Å². The lowest BCUT2D eigenvalue weighted by atomic mass is 10.1. The first-order valence-corrected chi connectivity index (χ1v) is 7.22. The Bertz CT molecular complexity index is 611. The number of hydrogen-bond acceptors (Lipinski definition) is 3. The van der Waals surface area contributed by atoms with Crippen LogP contribution in [-0.4, -0.2) is 17.1 Å². The van der Waals surface area contributed by atoms with Crippen molar-refractivity contribution in [3.05, 3.63) is 53.2 Å². The Morgan fingerprint density at radius 1 is 1.21 bits per heavy atom. The Labute approximate surface area is 117 Å². The maximum atomic E-state index is 12.3. The topological polar surface area (TPSA) is 42.0 Å². The molecule has 2 rings (SSSR count). The third kappa shape index (κ3) is 3.35. The van der Waals surface area contributed by atoms with Crippen molar-refractivity contribution >= 4 is 23.5 Å². The summed E-state index contributed by atoms with van der Waals surface area (Å²) >= 11 is 1.62. The van der Waals surface area contributed by atoms with E-state index in [9.17, 15) is 4.79 Å². The molecule has 1 N–H and O–H groups in total. The molecule has 0 fully saturated rings. The molecule has 0 bridgehead atoms. The van der Waals surface area contributed by atoms with Crippen LogP contribution in [0.1, 0.15) is 21.6 Å². The second-order valence-corrected chi connectivity index (χ2v) is 5.18. The quantitative estimate of drug-likeness (QED) is 0.867. The number of anilines is 1. The zero-order valence-corrected chi connectivity index (χ0v) is 12.0. The van der Waals surface area contributed by atoms with Crippen LogP contribution < -0.4 is 5.32 Å². The van der Waals surface area contributed by atoms with E-state index in [1.807, 2.05) is 50.4 Å². The van der Waals surface area contributed by atoms with E-state index >= 15 is 0 Å². The second kappa shape index (κ2) is 5.89. The Morgan fingerprint density at radius 3 is 2.68 bits per heavy atom. The van der Waals surface area contributed by atoms with Crippen LogP contribution >= 0.6 is 11.8 Å². The summed E-state index contributed by atoms with van der Waals surface area (Å²) in [7, 11) is 0. The summed E-state index contributed by atoms with van der Waals surface area (Å²) in [5.41, 5.74) is 2.53. The summed E-state index contributed by atoms with van der Waals surface area (Å²) in [5, 5.41) is 2.83. The summed E-state index contributed by atoms with van der Waals surface area (Å²) in [6.07, 6.45) is 1.99. The van der Waals surface area contributed by atoms with Crippen LogP contribution in [0.2, 0.25) is 0 Å². The molecule has 0 radical (unpaired) electrons. The highest BCUT2D eigenvalue weighted by Gasteiger charge is 2.10.